The summed E-state index contributed by atoms with van der Waals surface area (Å²) in [5, 5.41) is 2.31. The third kappa shape index (κ3) is 1.87. The number of amides is 1. The summed E-state index contributed by atoms with van der Waals surface area (Å²) in [5.74, 6) is -0.0928. The molecule has 1 aliphatic heterocycles. The number of carbonyl (C=O) groups excluding carboxylic acids is 1. The van der Waals surface area contributed by atoms with Crippen molar-refractivity contribution in [3.63, 3.8) is 0 Å². The number of para-hydroxylation sites is 2. The molecule has 0 fully saturated rings. The molecule has 1 heterocycles. The monoisotopic (exact) mass is 266 g/mol. The SMILES string of the molecule is O=C1C(N=C=S)c2ccccc2N1c1ccccc1. The smallest absolute Gasteiger partial charge is 0.261 e. The van der Waals surface area contributed by atoms with E-state index in [4.69, 9.17) is 0 Å². The average Bonchev–Trinajstić information content (AvgIpc) is 2.73. The van der Waals surface area contributed by atoms with Gasteiger partial charge in [-0.3, -0.25) is 9.69 Å². The van der Waals surface area contributed by atoms with Crippen LogP contribution in [0.5, 0.6) is 0 Å². The molecule has 0 aliphatic carbocycles. The van der Waals surface area contributed by atoms with Crippen molar-refractivity contribution < 1.29 is 4.79 Å². The number of hydrogen-bond donors (Lipinski definition) is 0. The van der Waals surface area contributed by atoms with Crippen molar-refractivity contribution in [1.82, 2.24) is 0 Å². The highest BCUT2D eigenvalue weighted by atomic mass is 32.1. The lowest BCUT2D eigenvalue weighted by atomic mass is 10.1. The van der Waals surface area contributed by atoms with Crippen LogP contribution in [-0.4, -0.2) is 11.1 Å². The number of isothiocyanates is 1. The van der Waals surface area contributed by atoms with Crippen LogP contribution in [0.4, 0.5) is 11.4 Å². The average molecular weight is 266 g/mol. The number of benzene rings is 2. The molecule has 1 atom stereocenters. The Morgan fingerprint density at radius 2 is 1.74 bits per heavy atom. The molecular formula is C15H10N2OS. The fourth-order valence-electron chi connectivity index (χ4n) is 2.32. The third-order valence-electron chi connectivity index (χ3n) is 3.12. The Hall–Kier alpha value is -2.29. The zero-order chi connectivity index (χ0) is 13.2. The van der Waals surface area contributed by atoms with Crippen molar-refractivity contribution in [2.24, 2.45) is 4.99 Å². The summed E-state index contributed by atoms with van der Waals surface area (Å²) in [7, 11) is 0. The predicted octanol–water partition coefficient (Wildman–Crippen LogP) is 3.51. The van der Waals surface area contributed by atoms with E-state index < -0.39 is 6.04 Å². The Bertz CT molecular complexity index is 678. The van der Waals surface area contributed by atoms with Crippen LogP contribution >= 0.6 is 12.2 Å². The fraction of sp³-hybridized carbons (Fsp3) is 0.0667. The van der Waals surface area contributed by atoms with Crippen LogP contribution in [-0.2, 0) is 4.79 Å². The first-order valence-corrected chi connectivity index (χ1v) is 6.28. The number of thiocarbonyl (C=S) groups is 1. The summed E-state index contributed by atoms with van der Waals surface area (Å²) in [6.07, 6.45) is 0. The molecule has 2 aromatic carbocycles. The van der Waals surface area contributed by atoms with Crippen LogP contribution in [0.1, 0.15) is 11.6 Å². The Morgan fingerprint density at radius 3 is 2.47 bits per heavy atom. The molecular weight excluding hydrogens is 256 g/mol. The second kappa shape index (κ2) is 4.76. The number of anilines is 2. The van der Waals surface area contributed by atoms with Gasteiger partial charge in [0.25, 0.3) is 5.91 Å². The minimum Gasteiger partial charge on any atom is -0.279 e. The van der Waals surface area contributed by atoms with Crippen molar-refractivity contribution in [2.75, 3.05) is 4.90 Å². The molecule has 1 aliphatic rings. The van der Waals surface area contributed by atoms with Gasteiger partial charge in [0.05, 0.1) is 10.8 Å². The van der Waals surface area contributed by atoms with Crippen LogP contribution in [0.15, 0.2) is 59.6 Å². The number of aliphatic imine (C=N–C) groups is 1. The Morgan fingerprint density at radius 1 is 1.05 bits per heavy atom. The van der Waals surface area contributed by atoms with Gasteiger partial charge in [-0.2, -0.15) is 0 Å². The quantitative estimate of drug-likeness (QED) is 0.615. The lowest BCUT2D eigenvalue weighted by Crippen LogP contribution is -2.22. The molecule has 3 nitrogen and oxygen atoms in total. The Kier molecular flexibility index (Phi) is 2.95. The van der Waals surface area contributed by atoms with Crippen molar-refractivity contribution in [1.29, 1.82) is 0 Å². The molecule has 92 valence electrons. The Balaban J connectivity index is 2.17. The predicted molar refractivity (Wildman–Crippen MR) is 77.8 cm³/mol. The molecule has 19 heavy (non-hydrogen) atoms. The highest BCUT2D eigenvalue weighted by Crippen LogP contribution is 2.41. The van der Waals surface area contributed by atoms with Gasteiger partial charge in [0, 0.05) is 11.3 Å². The molecule has 2 aromatic rings. The van der Waals surface area contributed by atoms with E-state index in [1.165, 1.54) is 0 Å². The lowest BCUT2D eigenvalue weighted by molar-refractivity contribution is -0.118. The maximum Gasteiger partial charge on any atom is 0.261 e. The zero-order valence-electron chi connectivity index (χ0n) is 9.98. The van der Waals surface area contributed by atoms with Gasteiger partial charge < -0.3 is 0 Å². The fourth-order valence-corrected chi connectivity index (χ4v) is 2.42. The highest BCUT2D eigenvalue weighted by molar-refractivity contribution is 7.78. The van der Waals surface area contributed by atoms with Crippen molar-refractivity contribution >= 4 is 34.7 Å². The van der Waals surface area contributed by atoms with Crippen LogP contribution in [0.2, 0.25) is 0 Å². The van der Waals surface area contributed by atoms with Gasteiger partial charge in [0.15, 0.2) is 6.04 Å². The van der Waals surface area contributed by atoms with Crippen molar-refractivity contribution in [3.8, 4) is 0 Å². The van der Waals surface area contributed by atoms with Crippen LogP contribution in [0, 0.1) is 0 Å². The molecule has 1 amide bonds. The van der Waals surface area contributed by atoms with Gasteiger partial charge in [-0.25, -0.2) is 4.99 Å². The second-order valence-corrected chi connectivity index (χ2v) is 4.37. The first-order valence-electron chi connectivity index (χ1n) is 5.88. The highest BCUT2D eigenvalue weighted by Gasteiger charge is 2.37. The minimum atomic E-state index is -0.575. The van der Waals surface area contributed by atoms with Crippen LogP contribution in [0.3, 0.4) is 0 Å². The van der Waals surface area contributed by atoms with Gasteiger partial charge in [-0.1, -0.05) is 36.4 Å². The molecule has 0 N–H and O–H groups in total. The molecule has 0 bridgehead atoms. The van der Waals surface area contributed by atoms with E-state index in [9.17, 15) is 4.79 Å². The summed E-state index contributed by atoms with van der Waals surface area (Å²) in [6, 6.07) is 16.6. The lowest BCUT2D eigenvalue weighted by Gasteiger charge is -2.17. The van der Waals surface area contributed by atoms with E-state index in [-0.39, 0.29) is 5.91 Å². The third-order valence-corrected chi connectivity index (χ3v) is 3.23. The van der Waals surface area contributed by atoms with Gasteiger partial charge in [-0.15, -0.1) is 0 Å². The van der Waals surface area contributed by atoms with E-state index in [1.54, 1.807) is 4.90 Å². The van der Waals surface area contributed by atoms with Crippen molar-refractivity contribution in [2.45, 2.75) is 6.04 Å². The number of rotatable bonds is 2. The summed E-state index contributed by atoms with van der Waals surface area (Å²) >= 11 is 4.64. The number of carbonyl (C=O) groups is 1. The number of fused-ring (bicyclic) bond motifs is 1. The molecule has 0 radical (unpaired) electrons. The summed E-state index contributed by atoms with van der Waals surface area (Å²) in [6.45, 7) is 0. The van der Waals surface area contributed by atoms with Crippen LogP contribution in [0.25, 0.3) is 0 Å². The largest absolute Gasteiger partial charge is 0.279 e. The normalized spacial score (nSPS) is 16.9. The molecule has 1 unspecified atom stereocenters. The maximum absolute atomic E-state index is 12.5. The van der Waals surface area contributed by atoms with E-state index in [0.29, 0.717) is 0 Å². The summed E-state index contributed by atoms with van der Waals surface area (Å²) < 4.78 is 0. The number of nitrogens with zero attached hydrogens (tertiary/aromatic N) is 2. The van der Waals surface area contributed by atoms with Gasteiger partial charge in [-0.05, 0) is 30.4 Å². The molecule has 0 aromatic heterocycles. The van der Waals surface area contributed by atoms with E-state index >= 15 is 0 Å². The van der Waals surface area contributed by atoms with Crippen molar-refractivity contribution in [3.05, 3.63) is 60.2 Å². The first kappa shape index (κ1) is 11.8. The van der Waals surface area contributed by atoms with Gasteiger partial charge in [0.1, 0.15) is 0 Å². The minimum absolute atomic E-state index is 0.0928. The van der Waals surface area contributed by atoms with Gasteiger partial charge >= 0.3 is 0 Å². The van der Waals surface area contributed by atoms with Gasteiger partial charge in [0.2, 0.25) is 0 Å². The maximum atomic E-state index is 12.5. The first-order chi connectivity index (χ1) is 9.33. The summed E-state index contributed by atoms with van der Waals surface area (Å²) in [4.78, 5) is 18.2. The van der Waals surface area contributed by atoms with E-state index in [1.807, 2.05) is 54.6 Å². The molecule has 3 rings (SSSR count). The standard InChI is InChI=1S/C15H10N2OS/c18-15-14(16-10-19)12-8-4-5-9-13(12)17(15)11-6-2-1-3-7-11/h1-9,14H. The molecule has 0 saturated heterocycles. The summed E-state index contributed by atoms with van der Waals surface area (Å²) in [5.41, 5.74) is 2.56. The van der Waals surface area contributed by atoms with E-state index in [2.05, 4.69) is 22.4 Å². The number of hydrogen-bond acceptors (Lipinski definition) is 3. The van der Waals surface area contributed by atoms with Crippen LogP contribution < -0.4 is 4.90 Å². The molecule has 0 saturated carbocycles. The molecule has 4 heteroatoms. The molecule has 0 spiro atoms. The Labute approximate surface area is 116 Å². The topological polar surface area (TPSA) is 32.7 Å². The second-order valence-electron chi connectivity index (χ2n) is 4.19. The van der Waals surface area contributed by atoms with E-state index in [0.717, 1.165) is 16.9 Å². The zero-order valence-corrected chi connectivity index (χ0v) is 10.8.